The maximum Gasteiger partial charge on any atom is 0.315 e. The van der Waals surface area contributed by atoms with Crippen LogP contribution in [0.25, 0.3) is 0 Å². The number of nitrogens with one attached hydrogen (secondary N) is 2. The van der Waals surface area contributed by atoms with E-state index in [0.717, 1.165) is 25.7 Å². The molecule has 0 radical (unpaired) electrons. The SMILES string of the molecule is CC(C)CC(CCO)CNC(=O)NC1(C)CCC1. The molecular formula is C14H28N2O2. The highest BCUT2D eigenvalue weighted by molar-refractivity contribution is 5.74. The molecule has 1 rings (SSSR count). The predicted molar refractivity (Wildman–Crippen MR) is 73.4 cm³/mol. The van der Waals surface area contributed by atoms with Gasteiger partial charge in [0.15, 0.2) is 0 Å². The molecule has 0 spiro atoms. The van der Waals surface area contributed by atoms with Crippen LogP contribution >= 0.6 is 0 Å². The summed E-state index contributed by atoms with van der Waals surface area (Å²) in [4.78, 5) is 11.8. The van der Waals surface area contributed by atoms with Gasteiger partial charge in [0.1, 0.15) is 0 Å². The zero-order chi connectivity index (χ0) is 13.6. The number of carbonyl (C=O) groups excluding carboxylic acids is 1. The summed E-state index contributed by atoms with van der Waals surface area (Å²) in [6.45, 7) is 7.27. The number of hydrogen-bond acceptors (Lipinski definition) is 2. The first kappa shape index (κ1) is 15.3. The van der Waals surface area contributed by atoms with Crippen molar-refractivity contribution in [2.24, 2.45) is 11.8 Å². The average molecular weight is 256 g/mol. The van der Waals surface area contributed by atoms with Crippen LogP contribution in [-0.4, -0.2) is 29.8 Å². The van der Waals surface area contributed by atoms with Crippen LogP contribution < -0.4 is 10.6 Å². The quantitative estimate of drug-likeness (QED) is 0.654. The Kier molecular flexibility index (Phi) is 5.93. The maximum absolute atomic E-state index is 11.8. The van der Waals surface area contributed by atoms with Gasteiger partial charge in [-0.25, -0.2) is 4.79 Å². The lowest BCUT2D eigenvalue weighted by molar-refractivity contribution is 0.187. The van der Waals surface area contributed by atoms with Crippen LogP contribution in [-0.2, 0) is 0 Å². The highest BCUT2D eigenvalue weighted by Crippen LogP contribution is 2.30. The van der Waals surface area contributed by atoms with Crippen molar-refractivity contribution in [3.05, 3.63) is 0 Å². The van der Waals surface area contributed by atoms with Crippen LogP contribution in [0, 0.1) is 11.8 Å². The average Bonchev–Trinajstić information content (AvgIpc) is 2.23. The Bertz CT molecular complexity index is 263. The summed E-state index contributed by atoms with van der Waals surface area (Å²) in [5.41, 5.74) is 0.00854. The van der Waals surface area contributed by atoms with Gasteiger partial charge in [0, 0.05) is 18.7 Å². The number of carbonyl (C=O) groups is 1. The Balaban J connectivity index is 2.25. The second-order valence-corrected chi connectivity index (χ2v) is 6.26. The van der Waals surface area contributed by atoms with Crippen molar-refractivity contribution >= 4 is 6.03 Å². The molecule has 1 unspecified atom stereocenters. The van der Waals surface area contributed by atoms with Gasteiger partial charge in [0.05, 0.1) is 0 Å². The molecule has 106 valence electrons. The highest BCUT2D eigenvalue weighted by atomic mass is 16.3. The van der Waals surface area contributed by atoms with Crippen molar-refractivity contribution in [1.82, 2.24) is 10.6 Å². The normalized spacial score (nSPS) is 19.2. The number of hydrogen-bond donors (Lipinski definition) is 3. The Morgan fingerprint density at radius 1 is 1.39 bits per heavy atom. The third-order valence-corrected chi connectivity index (χ3v) is 3.77. The van der Waals surface area contributed by atoms with Crippen molar-refractivity contribution in [2.45, 2.75) is 58.4 Å². The van der Waals surface area contributed by atoms with Gasteiger partial charge in [-0.05, 0) is 50.9 Å². The van der Waals surface area contributed by atoms with E-state index in [2.05, 4.69) is 31.4 Å². The summed E-state index contributed by atoms with van der Waals surface area (Å²) in [7, 11) is 0. The molecule has 1 saturated carbocycles. The third kappa shape index (κ3) is 5.25. The molecule has 0 bridgehead atoms. The number of aliphatic hydroxyl groups is 1. The fourth-order valence-electron chi connectivity index (χ4n) is 2.54. The van der Waals surface area contributed by atoms with E-state index in [1.165, 1.54) is 6.42 Å². The summed E-state index contributed by atoms with van der Waals surface area (Å²) in [5.74, 6) is 0.963. The van der Waals surface area contributed by atoms with Gasteiger partial charge in [-0.3, -0.25) is 0 Å². The molecule has 0 aromatic carbocycles. The van der Waals surface area contributed by atoms with E-state index >= 15 is 0 Å². The van der Waals surface area contributed by atoms with Crippen LogP contribution in [0.4, 0.5) is 4.79 Å². The van der Waals surface area contributed by atoms with Gasteiger partial charge in [-0.15, -0.1) is 0 Å². The zero-order valence-corrected chi connectivity index (χ0v) is 12.0. The van der Waals surface area contributed by atoms with E-state index in [4.69, 9.17) is 5.11 Å². The molecule has 3 N–H and O–H groups in total. The first-order chi connectivity index (χ1) is 8.45. The Morgan fingerprint density at radius 2 is 2.06 bits per heavy atom. The minimum absolute atomic E-state index is 0.00854. The zero-order valence-electron chi connectivity index (χ0n) is 12.0. The predicted octanol–water partition coefficient (Wildman–Crippen LogP) is 2.27. The molecule has 18 heavy (non-hydrogen) atoms. The van der Waals surface area contributed by atoms with Crippen molar-refractivity contribution in [3.63, 3.8) is 0 Å². The molecule has 0 aromatic rings. The number of aliphatic hydroxyl groups excluding tert-OH is 1. The molecule has 0 saturated heterocycles. The fourth-order valence-corrected chi connectivity index (χ4v) is 2.54. The summed E-state index contributed by atoms with van der Waals surface area (Å²) < 4.78 is 0. The van der Waals surface area contributed by atoms with Gasteiger partial charge >= 0.3 is 6.03 Å². The van der Waals surface area contributed by atoms with E-state index in [-0.39, 0.29) is 18.2 Å². The van der Waals surface area contributed by atoms with Crippen LogP contribution in [0.3, 0.4) is 0 Å². The van der Waals surface area contributed by atoms with E-state index in [1.807, 2.05) is 0 Å². The minimum Gasteiger partial charge on any atom is -0.396 e. The smallest absolute Gasteiger partial charge is 0.315 e. The van der Waals surface area contributed by atoms with Gasteiger partial charge in [0.2, 0.25) is 0 Å². The van der Waals surface area contributed by atoms with Crippen molar-refractivity contribution in [2.75, 3.05) is 13.2 Å². The molecule has 4 heteroatoms. The Labute approximate surface area is 111 Å². The summed E-state index contributed by atoms with van der Waals surface area (Å²) in [6, 6.07) is -0.0658. The van der Waals surface area contributed by atoms with Crippen molar-refractivity contribution < 1.29 is 9.90 Å². The number of amides is 2. The first-order valence-corrected chi connectivity index (χ1v) is 7.12. The monoisotopic (exact) mass is 256 g/mol. The van der Waals surface area contributed by atoms with Gasteiger partial charge in [0.25, 0.3) is 0 Å². The topological polar surface area (TPSA) is 61.4 Å². The maximum atomic E-state index is 11.8. The van der Waals surface area contributed by atoms with Crippen LogP contribution in [0.1, 0.15) is 52.9 Å². The highest BCUT2D eigenvalue weighted by Gasteiger charge is 2.33. The standard InChI is InChI=1S/C14H28N2O2/c1-11(2)9-12(5-8-17)10-15-13(18)16-14(3)6-4-7-14/h11-12,17H,4-10H2,1-3H3,(H2,15,16,18). The van der Waals surface area contributed by atoms with E-state index < -0.39 is 0 Å². The largest absolute Gasteiger partial charge is 0.396 e. The van der Waals surface area contributed by atoms with E-state index in [9.17, 15) is 4.79 Å². The molecule has 4 nitrogen and oxygen atoms in total. The molecule has 1 aliphatic rings. The Hall–Kier alpha value is -0.770. The van der Waals surface area contributed by atoms with E-state index in [1.54, 1.807) is 0 Å². The number of urea groups is 1. The Morgan fingerprint density at radius 3 is 2.50 bits per heavy atom. The van der Waals surface area contributed by atoms with Crippen molar-refractivity contribution in [3.8, 4) is 0 Å². The molecule has 0 heterocycles. The molecule has 1 aliphatic carbocycles. The second kappa shape index (κ2) is 6.98. The first-order valence-electron chi connectivity index (χ1n) is 7.12. The fraction of sp³-hybridized carbons (Fsp3) is 0.929. The van der Waals surface area contributed by atoms with E-state index in [0.29, 0.717) is 18.4 Å². The van der Waals surface area contributed by atoms with Gasteiger partial charge < -0.3 is 15.7 Å². The molecular weight excluding hydrogens is 228 g/mol. The van der Waals surface area contributed by atoms with Gasteiger partial charge in [-0.1, -0.05) is 13.8 Å². The third-order valence-electron chi connectivity index (χ3n) is 3.77. The summed E-state index contributed by atoms with van der Waals surface area (Å²) in [5, 5.41) is 15.0. The lowest BCUT2D eigenvalue weighted by atomic mass is 9.79. The van der Waals surface area contributed by atoms with Crippen LogP contribution in [0.2, 0.25) is 0 Å². The molecule has 0 aliphatic heterocycles. The lowest BCUT2D eigenvalue weighted by Gasteiger charge is -2.39. The summed E-state index contributed by atoms with van der Waals surface area (Å²) in [6.07, 6.45) is 5.16. The molecule has 1 fully saturated rings. The van der Waals surface area contributed by atoms with Crippen LogP contribution in [0.15, 0.2) is 0 Å². The second-order valence-electron chi connectivity index (χ2n) is 6.26. The van der Waals surface area contributed by atoms with Crippen LogP contribution in [0.5, 0.6) is 0 Å². The lowest BCUT2D eigenvalue weighted by Crippen LogP contribution is -2.54. The minimum atomic E-state index is -0.0658. The number of rotatable bonds is 7. The van der Waals surface area contributed by atoms with Crippen molar-refractivity contribution in [1.29, 1.82) is 0 Å². The molecule has 0 aromatic heterocycles. The summed E-state index contributed by atoms with van der Waals surface area (Å²) >= 11 is 0. The van der Waals surface area contributed by atoms with Gasteiger partial charge in [-0.2, -0.15) is 0 Å². The molecule has 1 atom stereocenters. The molecule has 2 amide bonds.